The van der Waals surface area contributed by atoms with Gasteiger partial charge in [0.05, 0.1) is 40.2 Å². The summed E-state index contributed by atoms with van der Waals surface area (Å²) in [7, 11) is 3.05. The number of aromatic nitrogens is 2. The van der Waals surface area contributed by atoms with Gasteiger partial charge in [0.15, 0.2) is 21.0 Å². The molecule has 2 aromatic heterocycles. The van der Waals surface area contributed by atoms with E-state index >= 15 is 0 Å². The van der Waals surface area contributed by atoms with E-state index in [4.69, 9.17) is 9.47 Å². The molecule has 27 heavy (non-hydrogen) atoms. The highest BCUT2D eigenvalue weighted by Gasteiger charge is 2.18. The average molecular weight is 418 g/mol. The maximum Gasteiger partial charge on any atom is 0.261 e. The van der Waals surface area contributed by atoms with Crippen molar-refractivity contribution in [1.82, 2.24) is 9.97 Å². The highest BCUT2D eigenvalue weighted by Crippen LogP contribution is 2.38. The molecule has 0 saturated heterocycles. The van der Waals surface area contributed by atoms with E-state index in [2.05, 4.69) is 15.3 Å². The van der Waals surface area contributed by atoms with Crippen molar-refractivity contribution in [2.45, 2.75) is 4.34 Å². The van der Waals surface area contributed by atoms with Gasteiger partial charge in [-0.1, -0.05) is 29.2 Å². The van der Waals surface area contributed by atoms with Crippen LogP contribution < -0.4 is 14.8 Å². The number of hydrogen-bond acceptors (Lipinski definition) is 8. The van der Waals surface area contributed by atoms with Crippen LogP contribution in [0.1, 0.15) is 10.4 Å². The molecule has 4 rings (SSSR count). The van der Waals surface area contributed by atoms with Gasteiger partial charge in [-0.25, -0.2) is 9.97 Å². The number of carbonyl (C=O) groups excluding carboxylic acids is 1. The monoisotopic (exact) mass is 417 g/mol. The van der Waals surface area contributed by atoms with Crippen LogP contribution in [-0.2, 0) is 0 Å². The summed E-state index contributed by atoms with van der Waals surface area (Å²) in [6.07, 6.45) is 2.01. The van der Waals surface area contributed by atoms with E-state index in [1.807, 2.05) is 18.4 Å². The summed E-state index contributed by atoms with van der Waals surface area (Å²) >= 11 is 4.70. The number of nitrogens with one attached hydrogen (secondary N) is 1. The first-order chi connectivity index (χ1) is 13.1. The minimum atomic E-state index is -0.296. The van der Waals surface area contributed by atoms with Crippen LogP contribution in [-0.4, -0.2) is 36.4 Å². The SMILES string of the molecule is COc1cccc(C(=O)Nc2nc3ccc4nc(SC)sc4c3s2)c1OC. The molecule has 2 aromatic carbocycles. The predicted molar refractivity (Wildman–Crippen MR) is 112 cm³/mol. The van der Waals surface area contributed by atoms with Crippen molar-refractivity contribution in [3.8, 4) is 11.5 Å². The highest BCUT2D eigenvalue weighted by molar-refractivity contribution is 8.00. The van der Waals surface area contributed by atoms with Crippen molar-refractivity contribution >= 4 is 65.9 Å². The van der Waals surface area contributed by atoms with Crippen LogP contribution in [0.2, 0.25) is 0 Å². The summed E-state index contributed by atoms with van der Waals surface area (Å²) in [6, 6.07) is 9.08. The zero-order valence-electron chi connectivity index (χ0n) is 14.7. The smallest absolute Gasteiger partial charge is 0.261 e. The van der Waals surface area contributed by atoms with E-state index in [9.17, 15) is 4.79 Å². The Morgan fingerprint density at radius 3 is 2.48 bits per heavy atom. The molecule has 1 amide bonds. The molecule has 0 spiro atoms. The molecular weight excluding hydrogens is 402 g/mol. The quantitative estimate of drug-likeness (QED) is 0.466. The Labute approximate surface area is 167 Å². The first kappa shape index (κ1) is 18.0. The summed E-state index contributed by atoms with van der Waals surface area (Å²) in [5.74, 6) is 0.605. The van der Waals surface area contributed by atoms with Gasteiger partial charge in [-0.05, 0) is 30.5 Å². The zero-order chi connectivity index (χ0) is 19.0. The normalized spacial score (nSPS) is 11.1. The second kappa shape index (κ2) is 7.34. The number of methoxy groups -OCH3 is 2. The molecule has 138 valence electrons. The lowest BCUT2D eigenvalue weighted by molar-refractivity contribution is 0.102. The molecule has 9 heteroatoms. The molecule has 0 atom stereocenters. The Bertz CT molecular complexity index is 1150. The number of ether oxygens (including phenoxy) is 2. The predicted octanol–water partition coefficient (Wildman–Crippen LogP) is 4.90. The summed E-state index contributed by atoms with van der Waals surface area (Å²) in [6.45, 7) is 0. The zero-order valence-corrected chi connectivity index (χ0v) is 17.2. The molecule has 0 aliphatic rings. The van der Waals surface area contributed by atoms with Crippen LogP contribution >= 0.6 is 34.4 Å². The molecule has 1 N–H and O–H groups in total. The van der Waals surface area contributed by atoms with Crippen LogP contribution in [0.3, 0.4) is 0 Å². The van der Waals surface area contributed by atoms with E-state index in [0.29, 0.717) is 22.2 Å². The standard InChI is InChI=1S/C18H15N3O3S3/c1-23-12-6-4-5-9(13(12)24-2)16(22)21-17-19-10-7-8-11-15(14(10)26-17)27-18(20-11)25-3/h4-8H,1-3H3,(H,19,21,22). The Morgan fingerprint density at radius 1 is 1.04 bits per heavy atom. The number of hydrogen-bond donors (Lipinski definition) is 1. The third kappa shape index (κ3) is 3.22. The molecule has 0 radical (unpaired) electrons. The highest BCUT2D eigenvalue weighted by atomic mass is 32.2. The third-order valence-electron chi connectivity index (χ3n) is 3.94. The maximum atomic E-state index is 12.8. The number of fused-ring (bicyclic) bond motifs is 3. The van der Waals surface area contributed by atoms with Gasteiger partial charge in [-0.3, -0.25) is 10.1 Å². The Kier molecular flexibility index (Phi) is 4.90. The van der Waals surface area contributed by atoms with Gasteiger partial charge in [0, 0.05) is 0 Å². The lowest BCUT2D eigenvalue weighted by Gasteiger charge is -2.11. The number of thiazole rings is 2. The Hall–Kier alpha value is -2.36. The van der Waals surface area contributed by atoms with Crippen molar-refractivity contribution in [1.29, 1.82) is 0 Å². The van der Waals surface area contributed by atoms with Gasteiger partial charge >= 0.3 is 0 Å². The van der Waals surface area contributed by atoms with E-state index in [-0.39, 0.29) is 5.91 Å². The number of nitrogens with zero attached hydrogens (tertiary/aromatic N) is 2. The molecule has 0 aliphatic carbocycles. The molecule has 0 fully saturated rings. The van der Waals surface area contributed by atoms with Crippen molar-refractivity contribution in [2.24, 2.45) is 0 Å². The van der Waals surface area contributed by atoms with Crippen LogP contribution in [0, 0.1) is 0 Å². The molecule has 0 bridgehead atoms. The largest absolute Gasteiger partial charge is 0.493 e. The van der Waals surface area contributed by atoms with Crippen LogP contribution in [0.15, 0.2) is 34.7 Å². The third-order valence-corrected chi connectivity index (χ3v) is 7.14. The number of rotatable bonds is 5. The topological polar surface area (TPSA) is 73.3 Å². The number of benzene rings is 2. The molecule has 0 saturated carbocycles. The maximum absolute atomic E-state index is 12.8. The van der Waals surface area contributed by atoms with E-state index in [1.165, 1.54) is 25.6 Å². The van der Waals surface area contributed by atoms with Crippen LogP contribution in [0.4, 0.5) is 5.13 Å². The van der Waals surface area contributed by atoms with E-state index < -0.39 is 0 Å². The van der Waals surface area contributed by atoms with Gasteiger partial charge in [-0.2, -0.15) is 0 Å². The molecule has 6 nitrogen and oxygen atoms in total. The van der Waals surface area contributed by atoms with Crippen LogP contribution in [0.5, 0.6) is 11.5 Å². The molecular formula is C18H15N3O3S3. The molecule has 2 heterocycles. The van der Waals surface area contributed by atoms with Gasteiger partial charge in [-0.15, -0.1) is 11.3 Å². The van der Waals surface area contributed by atoms with Crippen molar-refractivity contribution in [2.75, 3.05) is 25.8 Å². The number of carbonyl (C=O) groups is 1. The second-order valence-electron chi connectivity index (χ2n) is 5.46. The first-order valence-corrected chi connectivity index (χ1v) is 10.8. The van der Waals surface area contributed by atoms with Crippen molar-refractivity contribution in [3.05, 3.63) is 35.9 Å². The fraction of sp³-hybridized carbons (Fsp3) is 0.167. The molecule has 4 aromatic rings. The van der Waals surface area contributed by atoms with Gasteiger partial charge in [0.2, 0.25) is 0 Å². The first-order valence-electron chi connectivity index (χ1n) is 7.91. The minimum Gasteiger partial charge on any atom is -0.493 e. The van der Waals surface area contributed by atoms with Gasteiger partial charge < -0.3 is 9.47 Å². The van der Waals surface area contributed by atoms with Crippen molar-refractivity contribution < 1.29 is 14.3 Å². The fourth-order valence-electron chi connectivity index (χ4n) is 2.72. The summed E-state index contributed by atoms with van der Waals surface area (Å²) in [5, 5.41) is 3.40. The molecule has 0 unspecified atom stereocenters. The fourth-order valence-corrected chi connectivity index (χ4v) is 5.38. The number of thioether (sulfide) groups is 1. The van der Waals surface area contributed by atoms with Crippen LogP contribution in [0.25, 0.3) is 20.4 Å². The summed E-state index contributed by atoms with van der Waals surface area (Å²) in [5.41, 5.74) is 2.19. The van der Waals surface area contributed by atoms with Gasteiger partial charge in [0.25, 0.3) is 5.91 Å². The van der Waals surface area contributed by atoms with E-state index in [0.717, 1.165) is 24.8 Å². The number of amides is 1. The lowest BCUT2D eigenvalue weighted by atomic mass is 10.1. The number of para-hydroxylation sites is 1. The second-order valence-corrected chi connectivity index (χ2v) is 8.51. The summed E-state index contributed by atoms with van der Waals surface area (Å²) < 4.78 is 13.7. The Balaban J connectivity index is 1.70. The van der Waals surface area contributed by atoms with E-state index in [1.54, 1.807) is 41.3 Å². The molecule has 0 aliphatic heterocycles. The summed E-state index contributed by atoms with van der Waals surface area (Å²) in [4.78, 5) is 21.9. The average Bonchev–Trinajstić information content (AvgIpc) is 3.29. The minimum absolute atomic E-state index is 0.296. The van der Waals surface area contributed by atoms with Crippen molar-refractivity contribution in [3.63, 3.8) is 0 Å². The number of anilines is 1. The van der Waals surface area contributed by atoms with Gasteiger partial charge in [0.1, 0.15) is 0 Å². The Morgan fingerprint density at radius 2 is 1.78 bits per heavy atom. The lowest BCUT2D eigenvalue weighted by Crippen LogP contribution is -2.13.